The lowest BCUT2D eigenvalue weighted by molar-refractivity contribution is 0.0794. The number of carbonyl (C=O) groups is 1. The number of aryl methyl sites for hydroxylation is 1. The Morgan fingerprint density at radius 1 is 1.10 bits per heavy atom. The predicted octanol–water partition coefficient (Wildman–Crippen LogP) is 3.81. The predicted molar refractivity (Wildman–Crippen MR) is 117 cm³/mol. The van der Waals surface area contributed by atoms with Gasteiger partial charge < -0.3 is 9.42 Å². The summed E-state index contributed by atoms with van der Waals surface area (Å²) >= 11 is 0. The molecule has 1 aromatic heterocycles. The van der Waals surface area contributed by atoms with Crippen LogP contribution in [0.3, 0.4) is 0 Å². The molecule has 0 saturated heterocycles. The van der Waals surface area contributed by atoms with E-state index in [1.807, 2.05) is 36.4 Å². The first-order valence-electron chi connectivity index (χ1n) is 9.75. The van der Waals surface area contributed by atoms with Crippen LogP contribution in [0.15, 0.2) is 65.2 Å². The van der Waals surface area contributed by atoms with Gasteiger partial charge in [-0.3, -0.25) is 9.52 Å². The molecule has 0 aliphatic carbocycles. The lowest BCUT2D eigenvalue weighted by Crippen LogP contribution is -2.29. The summed E-state index contributed by atoms with van der Waals surface area (Å²) in [5, 5.41) is 4.10. The van der Waals surface area contributed by atoms with Crippen LogP contribution < -0.4 is 4.72 Å². The highest BCUT2D eigenvalue weighted by Crippen LogP contribution is 2.20. The van der Waals surface area contributed by atoms with Gasteiger partial charge in [0.25, 0.3) is 5.91 Å². The average molecular weight is 428 g/mol. The summed E-state index contributed by atoms with van der Waals surface area (Å²) in [6.07, 6.45) is 1.33. The number of amides is 1. The number of hydrogen-bond acceptors (Lipinski definition) is 5. The van der Waals surface area contributed by atoms with E-state index in [9.17, 15) is 13.2 Å². The van der Waals surface area contributed by atoms with E-state index in [0.717, 1.165) is 17.0 Å². The molecule has 2 aromatic carbocycles. The molecule has 0 atom stereocenters. The maximum absolute atomic E-state index is 12.8. The molecule has 0 unspecified atom stereocenters. The van der Waals surface area contributed by atoms with Crippen molar-refractivity contribution < 1.29 is 17.7 Å². The number of sulfonamides is 1. The fourth-order valence-electron chi connectivity index (χ4n) is 2.97. The lowest BCUT2D eigenvalue weighted by Gasteiger charge is -2.19. The molecule has 7 nitrogen and oxygen atoms in total. The maximum atomic E-state index is 12.8. The number of hydrogen-bond donors (Lipinski definition) is 1. The second-order valence-electron chi connectivity index (χ2n) is 6.93. The van der Waals surface area contributed by atoms with Crippen LogP contribution >= 0.6 is 0 Å². The number of aromatic nitrogens is 1. The first-order chi connectivity index (χ1) is 14.4. The van der Waals surface area contributed by atoms with Crippen LogP contribution in [-0.2, 0) is 16.4 Å². The molecule has 0 radical (unpaired) electrons. The number of nitrogens with one attached hydrogen (secondary N) is 1. The Hall–Kier alpha value is -3.13. The van der Waals surface area contributed by atoms with Gasteiger partial charge in [0.05, 0.1) is 17.0 Å². The van der Waals surface area contributed by atoms with Crippen molar-refractivity contribution in [2.24, 2.45) is 0 Å². The van der Waals surface area contributed by atoms with Crippen LogP contribution in [0.5, 0.6) is 0 Å². The molecule has 0 aliphatic rings. The SMILES string of the molecule is CCS(=O)(=O)Nc1ccccc1C(=O)N(C)CCCc1cc(-c2ccccc2)no1. The van der Waals surface area contributed by atoms with Crippen LogP contribution in [0.25, 0.3) is 11.3 Å². The fraction of sp³-hybridized carbons (Fsp3) is 0.273. The van der Waals surface area contributed by atoms with Gasteiger partial charge in [0.15, 0.2) is 0 Å². The van der Waals surface area contributed by atoms with E-state index in [1.54, 1.807) is 43.1 Å². The molecule has 0 bridgehead atoms. The smallest absolute Gasteiger partial charge is 0.255 e. The largest absolute Gasteiger partial charge is 0.361 e. The second-order valence-corrected chi connectivity index (χ2v) is 8.94. The van der Waals surface area contributed by atoms with Crippen LogP contribution in [0.4, 0.5) is 5.69 Å². The Morgan fingerprint density at radius 2 is 1.80 bits per heavy atom. The molecular formula is C22H25N3O4S. The summed E-state index contributed by atoms with van der Waals surface area (Å²) < 4.78 is 31.7. The molecule has 30 heavy (non-hydrogen) atoms. The normalized spacial score (nSPS) is 11.3. The third-order valence-corrected chi connectivity index (χ3v) is 5.99. The Balaban J connectivity index is 1.59. The Kier molecular flexibility index (Phi) is 6.89. The van der Waals surface area contributed by atoms with E-state index >= 15 is 0 Å². The first-order valence-corrected chi connectivity index (χ1v) is 11.4. The van der Waals surface area contributed by atoms with Gasteiger partial charge in [-0.05, 0) is 25.5 Å². The number of carbonyl (C=O) groups excluding carboxylic acids is 1. The van der Waals surface area contributed by atoms with Crippen molar-refractivity contribution in [3.63, 3.8) is 0 Å². The van der Waals surface area contributed by atoms with E-state index in [-0.39, 0.29) is 11.7 Å². The molecule has 1 amide bonds. The van der Waals surface area contributed by atoms with E-state index in [4.69, 9.17) is 4.52 Å². The monoisotopic (exact) mass is 427 g/mol. The molecule has 1 N–H and O–H groups in total. The van der Waals surface area contributed by atoms with E-state index in [0.29, 0.717) is 30.6 Å². The lowest BCUT2D eigenvalue weighted by atomic mass is 10.1. The zero-order valence-electron chi connectivity index (χ0n) is 17.0. The fourth-order valence-corrected chi connectivity index (χ4v) is 3.63. The summed E-state index contributed by atoms with van der Waals surface area (Å²) in [7, 11) is -1.77. The van der Waals surface area contributed by atoms with Gasteiger partial charge in [-0.1, -0.05) is 47.6 Å². The first kappa shape index (κ1) is 21.6. The highest BCUT2D eigenvalue weighted by atomic mass is 32.2. The average Bonchev–Trinajstić information content (AvgIpc) is 3.23. The van der Waals surface area contributed by atoms with E-state index < -0.39 is 10.0 Å². The van der Waals surface area contributed by atoms with Crippen molar-refractivity contribution in [1.82, 2.24) is 10.1 Å². The summed E-state index contributed by atoms with van der Waals surface area (Å²) in [4.78, 5) is 14.4. The summed E-state index contributed by atoms with van der Waals surface area (Å²) in [6.45, 7) is 2.04. The minimum atomic E-state index is -3.47. The molecule has 1 heterocycles. The molecule has 8 heteroatoms. The third kappa shape index (κ3) is 5.48. The molecule has 0 fully saturated rings. The van der Waals surface area contributed by atoms with Crippen molar-refractivity contribution in [2.75, 3.05) is 24.1 Å². The highest BCUT2D eigenvalue weighted by Gasteiger charge is 2.18. The second kappa shape index (κ2) is 9.58. The van der Waals surface area contributed by atoms with Gasteiger partial charge >= 0.3 is 0 Å². The number of rotatable bonds is 9. The quantitative estimate of drug-likeness (QED) is 0.561. The van der Waals surface area contributed by atoms with Gasteiger partial charge in [-0.2, -0.15) is 0 Å². The molecule has 0 spiro atoms. The number of para-hydroxylation sites is 1. The number of benzene rings is 2. The van der Waals surface area contributed by atoms with Crippen LogP contribution in [0, 0.1) is 0 Å². The van der Waals surface area contributed by atoms with Crippen LogP contribution in [-0.4, -0.2) is 43.7 Å². The third-order valence-electron chi connectivity index (χ3n) is 4.69. The van der Waals surface area contributed by atoms with Crippen LogP contribution in [0.2, 0.25) is 0 Å². The van der Waals surface area contributed by atoms with Gasteiger partial charge in [0.1, 0.15) is 11.5 Å². The van der Waals surface area contributed by atoms with Gasteiger partial charge in [0, 0.05) is 31.6 Å². The Bertz CT molecular complexity index is 1090. The molecule has 0 saturated carbocycles. The summed E-state index contributed by atoms with van der Waals surface area (Å²) in [6, 6.07) is 18.3. The van der Waals surface area contributed by atoms with Crippen molar-refractivity contribution >= 4 is 21.6 Å². The topological polar surface area (TPSA) is 92.5 Å². The van der Waals surface area contributed by atoms with Gasteiger partial charge in [0.2, 0.25) is 10.0 Å². The van der Waals surface area contributed by atoms with Gasteiger partial charge in [-0.25, -0.2) is 8.42 Å². The number of nitrogens with zero attached hydrogens (tertiary/aromatic N) is 2. The van der Waals surface area contributed by atoms with Crippen molar-refractivity contribution in [3.05, 3.63) is 72.0 Å². The van der Waals surface area contributed by atoms with Crippen LogP contribution in [0.1, 0.15) is 29.5 Å². The maximum Gasteiger partial charge on any atom is 0.255 e. The Morgan fingerprint density at radius 3 is 2.53 bits per heavy atom. The molecule has 3 aromatic rings. The van der Waals surface area contributed by atoms with Gasteiger partial charge in [-0.15, -0.1) is 0 Å². The Labute approximate surface area is 176 Å². The molecule has 158 valence electrons. The van der Waals surface area contributed by atoms with E-state index in [1.165, 1.54) is 0 Å². The molecule has 0 aliphatic heterocycles. The van der Waals surface area contributed by atoms with Crippen molar-refractivity contribution in [1.29, 1.82) is 0 Å². The van der Waals surface area contributed by atoms with Crippen molar-refractivity contribution in [3.8, 4) is 11.3 Å². The summed E-state index contributed by atoms with van der Waals surface area (Å²) in [5.74, 6) is 0.450. The minimum Gasteiger partial charge on any atom is -0.361 e. The molecule has 3 rings (SSSR count). The minimum absolute atomic E-state index is 0.0620. The van der Waals surface area contributed by atoms with Crippen molar-refractivity contribution in [2.45, 2.75) is 19.8 Å². The zero-order chi connectivity index (χ0) is 21.6. The van der Waals surface area contributed by atoms with E-state index in [2.05, 4.69) is 9.88 Å². The summed E-state index contributed by atoms with van der Waals surface area (Å²) in [5.41, 5.74) is 2.39. The zero-order valence-corrected chi connectivity index (χ0v) is 17.9. The number of anilines is 1. The highest BCUT2D eigenvalue weighted by molar-refractivity contribution is 7.92. The molecular weight excluding hydrogens is 402 g/mol. The standard InChI is InChI=1S/C22H25N3O4S/c1-3-30(27,28)24-20-14-8-7-13-19(20)22(26)25(2)15-9-12-18-16-21(23-29-18)17-10-5-4-6-11-17/h4-8,10-11,13-14,16,24H,3,9,12,15H2,1-2H3.